The second-order valence-electron chi connectivity index (χ2n) is 7.40. The Morgan fingerprint density at radius 3 is 1.83 bits per heavy atom. The van der Waals surface area contributed by atoms with E-state index in [4.69, 9.17) is 0 Å². The number of rotatable bonds is 4. The lowest BCUT2D eigenvalue weighted by Crippen LogP contribution is -2.53. The van der Waals surface area contributed by atoms with Gasteiger partial charge < -0.3 is 10.0 Å². The average Bonchev–Trinajstić information content (AvgIpc) is 2.11. The zero-order valence-electron chi connectivity index (χ0n) is 13.4. The molecule has 0 spiro atoms. The fraction of sp³-hybridized carbons (Fsp3) is 0.933. The Kier molecular flexibility index (Phi) is 5.86. The summed E-state index contributed by atoms with van der Waals surface area (Å²) >= 11 is 0. The molecular formula is C15H31NO2. The van der Waals surface area contributed by atoms with Crippen LogP contribution in [0.2, 0.25) is 0 Å². The monoisotopic (exact) mass is 257 g/mol. The minimum atomic E-state index is -0.253. The molecule has 0 aromatic carbocycles. The Bertz CT molecular complexity index is 273. The highest BCUT2D eigenvalue weighted by atomic mass is 16.3. The zero-order chi connectivity index (χ0) is 14.7. The molecule has 0 aliphatic rings. The van der Waals surface area contributed by atoms with Crippen molar-refractivity contribution in [3.05, 3.63) is 0 Å². The van der Waals surface area contributed by atoms with Crippen molar-refractivity contribution in [1.29, 1.82) is 0 Å². The van der Waals surface area contributed by atoms with Gasteiger partial charge in [0.25, 0.3) is 0 Å². The highest BCUT2D eigenvalue weighted by molar-refractivity contribution is 5.74. The zero-order valence-corrected chi connectivity index (χ0v) is 13.4. The van der Waals surface area contributed by atoms with Crippen LogP contribution in [0.1, 0.15) is 61.8 Å². The average molecular weight is 257 g/mol. The van der Waals surface area contributed by atoms with Crippen molar-refractivity contribution in [1.82, 2.24) is 4.90 Å². The van der Waals surface area contributed by atoms with E-state index in [2.05, 4.69) is 27.7 Å². The summed E-state index contributed by atoms with van der Waals surface area (Å²) in [5.74, 6) is 0.474. The first kappa shape index (κ1) is 17.4. The molecule has 0 aromatic heterocycles. The summed E-state index contributed by atoms with van der Waals surface area (Å²) < 4.78 is 0. The first-order chi connectivity index (χ1) is 7.91. The maximum atomic E-state index is 11.8. The topological polar surface area (TPSA) is 40.5 Å². The summed E-state index contributed by atoms with van der Waals surface area (Å²) in [6.07, 6.45) is 0.830. The van der Waals surface area contributed by atoms with Crippen LogP contribution < -0.4 is 0 Å². The number of hydrogen-bond donors (Lipinski definition) is 1. The number of carbonyl (C=O) groups is 1. The van der Waals surface area contributed by atoms with Crippen molar-refractivity contribution < 1.29 is 9.90 Å². The molecule has 0 bridgehead atoms. The van der Waals surface area contributed by atoms with E-state index in [1.54, 1.807) is 6.92 Å². The normalized spacial score (nSPS) is 16.3. The largest absolute Gasteiger partial charge is 0.394 e. The summed E-state index contributed by atoms with van der Waals surface area (Å²) in [7, 11) is 0. The Morgan fingerprint density at radius 2 is 1.61 bits per heavy atom. The minimum Gasteiger partial charge on any atom is -0.394 e. The fourth-order valence-electron chi connectivity index (χ4n) is 2.30. The molecule has 0 radical (unpaired) electrons. The second kappa shape index (κ2) is 6.05. The maximum Gasteiger partial charge on any atom is 0.220 e. The van der Waals surface area contributed by atoms with E-state index < -0.39 is 0 Å². The van der Waals surface area contributed by atoms with Crippen LogP contribution in [-0.4, -0.2) is 34.1 Å². The SMILES string of the molecule is CC(=O)N(C(CO)CC(C)C(C)(C)C)C(C)(C)C. The summed E-state index contributed by atoms with van der Waals surface area (Å²) in [4.78, 5) is 13.7. The molecule has 1 amide bonds. The molecule has 1 N–H and O–H groups in total. The van der Waals surface area contributed by atoms with E-state index in [0.29, 0.717) is 5.92 Å². The third-order valence-corrected chi connectivity index (χ3v) is 3.74. The van der Waals surface area contributed by atoms with Crippen LogP contribution in [-0.2, 0) is 4.79 Å². The van der Waals surface area contributed by atoms with Crippen LogP contribution >= 0.6 is 0 Å². The molecule has 0 rings (SSSR count). The molecule has 108 valence electrons. The second-order valence-corrected chi connectivity index (χ2v) is 7.40. The van der Waals surface area contributed by atoms with Crippen molar-refractivity contribution in [3.8, 4) is 0 Å². The van der Waals surface area contributed by atoms with Gasteiger partial charge in [-0.05, 0) is 38.5 Å². The van der Waals surface area contributed by atoms with Gasteiger partial charge in [-0.1, -0.05) is 27.7 Å². The predicted octanol–water partition coefficient (Wildman–Crippen LogP) is 3.07. The van der Waals surface area contributed by atoms with Gasteiger partial charge in [-0.3, -0.25) is 4.79 Å². The lowest BCUT2D eigenvalue weighted by Gasteiger charge is -2.43. The smallest absolute Gasteiger partial charge is 0.220 e. The van der Waals surface area contributed by atoms with Crippen LogP contribution in [0, 0.1) is 11.3 Å². The van der Waals surface area contributed by atoms with Crippen molar-refractivity contribution in [2.45, 2.75) is 73.4 Å². The van der Waals surface area contributed by atoms with Crippen molar-refractivity contribution in [2.24, 2.45) is 11.3 Å². The highest BCUT2D eigenvalue weighted by Gasteiger charge is 2.33. The summed E-state index contributed by atoms with van der Waals surface area (Å²) in [5, 5.41) is 9.63. The van der Waals surface area contributed by atoms with E-state index >= 15 is 0 Å². The lowest BCUT2D eigenvalue weighted by atomic mass is 9.78. The maximum absolute atomic E-state index is 11.8. The molecule has 0 saturated heterocycles. The molecule has 0 aliphatic carbocycles. The van der Waals surface area contributed by atoms with Gasteiger partial charge in [0.05, 0.1) is 12.6 Å². The molecule has 0 aliphatic heterocycles. The van der Waals surface area contributed by atoms with Gasteiger partial charge in [0.2, 0.25) is 5.91 Å². The van der Waals surface area contributed by atoms with Crippen LogP contribution in [0.25, 0.3) is 0 Å². The Labute approximate surface area is 113 Å². The van der Waals surface area contributed by atoms with Gasteiger partial charge in [0.1, 0.15) is 0 Å². The molecule has 0 saturated carbocycles. The minimum absolute atomic E-state index is 0.0251. The van der Waals surface area contributed by atoms with Gasteiger partial charge in [0.15, 0.2) is 0 Å². The van der Waals surface area contributed by atoms with E-state index in [-0.39, 0.29) is 29.5 Å². The number of hydrogen-bond acceptors (Lipinski definition) is 2. The Balaban J connectivity index is 5.00. The van der Waals surface area contributed by atoms with Gasteiger partial charge in [-0.15, -0.1) is 0 Å². The van der Waals surface area contributed by atoms with Crippen LogP contribution in [0.4, 0.5) is 0 Å². The Hall–Kier alpha value is -0.570. The molecule has 2 unspecified atom stereocenters. The Morgan fingerprint density at radius 1 is 1.17 bits per heavy atom. The van der Waals surface area contributed by atoms with Crippen molar-refractivity contribution >= 4 is 5.91 Å². The summed E-state index contributed by atoms with van der Waals surface area (Å²) in [6, 6.07) is -0.100. The third kappa shape index (κ3) is 4.97. The predicted molar refractivity (Wildman–Crippen MR) is 76.4 cm³/mol. The van der Waals surface area contributed by atoms with Crippen molar-refractivity contribution in [2.75, 3.05) is 6.61 Å². The third-order valence-electron chi connectivity index (χ3n) is 3.74. The molecule has 3 nitrogen and oxygen atoms in total. The van der Waals surface area contributed by atoms with E-state index in [0.717, 1.165) is 6.42 Å². The first-order valence-electron chi connectivity index (χ1n) is 6.82. The van der Waals surface area contributed by atoms with E-state index in [9.17, 15) is 9.90 Å². The molecule has 0 fully saturated rings. The first-order valence-corrected chi connectivity index (χ1v) is 6.82. The summed E-state index contributed by atoms with van der Waals surface area (Å²) in [5.41, 5.74) is -0.0649. The standard InChI is InChI=1S/C15H31NO2/c1-11(14(3,4)5)9-13(10-17)16(12(2)18)15(6,7)8/h11,13,17H,9-10H2,1-8H3. The van der Waals surface area contributed by atoms with Crippen molar-refractivity contribution in [3.63, 3.8) is 0 Å². The van der Waals surface area contributed by atoms with Gasteiger partial charge in [-0.25, -0.2) is 0 Å². The highest BCUT2D eigenvalue weighted by Crippen LogP contribution is 2.31. The number of carbonyl (C=O) groups excluding carboxylic acids is 1. The molecule has 3 heteroatoms. The molecular weight excluding hydrogens is 226 g/mol. The molecule has 2 atom stereocenters. The summed E-state index contributed by atoms with van der Waals surface area (Å²) in [6.45, 7) is 16.4. The molecule has 18 heavy (non-hydrogen) atoms. The lowest BCUT2D eigenvalue weighted by molar-refractivity contribution is -0.139. The fourth-order valence-corrected chi connectivity index (χ4v) is 2.30. The number of aliphatic hydroxyl groups excluding tert-OH is 1. The molecule has 0 heterocycles. The van der Waals surface area contributed by atoms with Crippen LogP contribution in [0.3, 0.4) is 0 Å². The van der Waals surface area contributed by atoms with Crippen LogP contribution in [0.15, 0.2) is 0 Å². The molecule has 0 aromatic rings. The van der Waals surface area contributed by atoms with E-state index in [1.807, 2.05) is 25.7 Å². The number of nitrogens with zero attached hydrogens (tertiary/aromatic N) is 1. The van der Waals surface area contributed by atoms with Gasteiger partial charge in [-0.2, -0.15) is 0 Å². The van der Waals surface area contributed by atoms with Gasteiger partial charge >= 0.3 is 0 Å². The van der Waals surface area contributed by atoms with Gasteiger partial charge in [0, 0.05) is 12.5 Å². The number of amides is 1. The quantitative estimate of drug-likeness (QED) is 0.841. The number of aliphatic hydroxyl groups is 1. The van der Waals surface area contributed by atoms with Crippen LogP contribution in [0.5, 0.6) is 0 Å². The van der Waals surface area contributed by atoms with E-state index in [1.165, 1.54) is 0 Å².